The molecule has 0 radical (unpaired) electrons. The van der Waals surface area contributed by atoms with Crippen LogP contribution in [0.5, 0.6) is 0 Å². The number of nitrogens with zero attached hydrogens (tertiary/aromatic N) is 2. The quantitative estimate of drug-likeness (QED) is 0.902. The molecule has 0 atom stereocenters. The number of hydrogen-bond acceptors (Lipinski definition) is 2. The van der Waals surface area contributed by atoms with Crippen LogP contribution in [-0.4, -0.2) is 23.1 Å². The van der Waals surface area contributed by atoms with Gasteiger partial charge in [0.25, 0.3) is 0 Å². The van der Waals surface area contributed by atoms with E-state index >= 15 is 0 Å². The van der Waals surface area contributed by atoms with Gasteiger partial charge >= 0.3 is 0 Å². The molecule has 1 aromatic heterocycles. The van der Waals surface area contributed by atoms with Gasteiger partial charge in [0, 0.05) is 30.6 Å². The summed E-state index contributed by atoms with van der Waals surface area (Å²) in [5.74, 6) is 1.08. The number of likely N-dealkylation sites (N-methyl/N-ethyl adjacent to an activating group) is 1. The van der Waals surface area contributed by atoms with Gasteiger partial charge in [0.1, 0.15) is 5.82 Å². The summed E-state index contributed by atoms with van der Waals surface area (Å²) >= 11 is 6.00. The molecule has 2 aromatic rings. The van der Waals surface area contributed by atoms with Gasteiger partial charge in [-0.1, -0.05) is 23.7 Å². The normalized spacial score (nSPS) is 10.8. The van der Waals surface area contributed by atoms with Crippen LogP contribution in [-0.2, 0) is 13.5 Å². The van der Waals surface area contributed by atoms with Crippen molar-refractivity contribution in [2.24, 2.45) is 7.05 Å². The number of imidazole rings is 1. The third-order valence-electron chi connectivity index (χ3n) is 2.80. The van der Waals surface area contributed by atoms with Crippen LogP contribution >= 0.6 is 11.6 Å². The first-order valence-electron chi connectivity index (χ1n) is 5.63. The third kappa shape index (κ3) is 2.68. The van der Waals surface area contributed by atoms with Crippen LogP contribution < -0.4 is 5.32 Å². The maximum Gasteiger partial charge on any atom is 0.110 e. The fourth-order valence-electron chi connectivity index (χ4n) is 1.83. The first kappa shape index (κ1) is 12.1. The second-order valence-electron chi connectivity index (χ2n) is 3.98. The topological polar surface area (TPSA) is 29.9 Å². The minimum absolute atomic E-state index is 0.750. The molecule has 0 fully saturated rings. The Morgan fingerprint density at radius 3 is 2.94 bits per heavy atom. The van der Waals surface area contributed by atoms with Crippen molar-refractivity contribution in [3.63, 3.8) is 0 Å². The zero-order valence-corrected chi connectivity index (χ0v) is 10.8. The molecule has 0 amide bonds. The first-order valence-corrected chi connectivity index (χ1v) is 6.01. The minimum atomic E-state index is 0.750. The molecular weight excluding hydrogens is 234 g/mol. The lowest BCUT2D eigenvalue weighted by Crippen LogP contribution is -2.13. The molecule has 90 valence electrons. The Morgan fingerprint density at radius 1 is 1.41 bits per heavy atom. The van der Waals surface area contributed by atoms with Gasteiger partial charge in [-0.15, -0.1) is 0 Å². The summed E-state index contributed by atoms with van der Waals surface area (Å²) in [4.78, 5) is 4.44. The molecule has 1 aromatic carbocycles. The van der Waals surface area contributed by atoms with Crippen molar-refractivity contribution in [2.75, 3.05) is 13.6 Å². The highest BCUT2D eigenvalue weighted by Crippen LogP contribution is 2.22. The Hall–Kier alpha value is -1.32. The lowest BCUT2D eigenvalue weighted by molar-refractivity contribution is 0.720. The summed E-state index contributed by atoms with van der Waals surface area (Å²) in [5.41, 5.74) is 2.20. The van der Waals surface area contributed by atoms with Crippen LogP contribution in [0, 0.1) is 0 Å². The zero-order valence-electron chi connectivity index (χ0n) is 10.1. The molecule has 0 aliphatic heterocycles. The number of nitrogens with one attached hydrogen (secondary N) is 1. The first-order chi connectivity index (χ1) is 8.22. The summed E-state index contributed by atoms with van der Waals surface area (Å²) in [7, 11) is 3.98. The summed E-state index contributed by atoms with van der Waals surface area (Å²) < 4.78 is 2.11. The van der Waals surface area contributed by atoms with E-state index in [1.165, 1.54) is 0 Å². The Bertz CT molecular complexity index is 505. The van der Waals surface area contributed by atoms with Crippen molar-refractivity contribution >= 4 is 11.6 Å². The van der Waals surface area contributed by atoms with Crippen LogP contribution in [0.4, 0.5) is 0 Å². The van der Waals surface area contributed by atoms with E-state index in [2.05, 4.69) is 14.9 Å². The van der Waals surface area contributed by atoms with Crippen LogP contribution in [0.3, 0.4) is 0 Å². The van der Waals surface area contributed by atoms with Gasteiger partial charge in [0.2, 0.25) is 0 Å². The fraction of sp³-hybridized carbons (Fsp3) is 0.308. The highest BCUT2D eigenvalue weighted by atomic mass is 35.5. The van der Waals surface area contributed by atoms with E-state index in [0.717, 1.165) is 35.1 Å². The monoisotopic (exact) mass is 249 g/mol. The summed E-state index contributed by atoms with van der Waals surface area (Å²) in [6, 6.07) is 7.84. The van der Waals surface area contributed by atoms with Gasteiger partial charge in [-0.3, -0.25) is 0 Å². The Morgan fingerprint density at radius 2 is 2.24 bits per heavy atom. The second kappa shape index (κ2) is 5.34. The molecule has 0 unspecified atom stereocenters. The lowest BCUT2D eigenvalue weighted by Gasteiger charge is -2.06. The number of halogens is 1. The van der Waals surface area contributed by atoms with E-state index in [1.54, 1.807) is 0 Å². The molecule has 0 aliphatic rings. The van der Waals surface area contributed by atoms with E-state index in [-0.39, 0.29) is 0 Å². The summed E-state index contributed by atoms with van der Waals surface area (Å²) in [5, 5.41) is 3.88. The molecule has 4 heteroatoms. The Balaban J connectivity index is 2.30. The molecule has 0 saturated carbocycles. The zero-order chi connectivity index (χ0) is 12.3. The van der Waals surface area contributed by atoms with E-state index in [4.69, 9.17) is 11.6 Å². The van der Waals surface area contributed by atoms with Crippen LogP contribution in [0.25, 0.3) is 11.3 Å². The molecule has 0 saturated heterocycles. The van der Waals surface area contributed by atoms with Crippen molar-refractivity contribution in [1.82, 2.24) is 14.9 Å². The smallest absolute Gasteiger partial charge is 0.110 e. The van der Waals surface area contributed by atoms with Crippen molar-refractivity contribution in [1.29, 1.82) is 0 Å². The lowest BCUT2D eigenvalue weighted by atomic mass is 10.2. The van der Waals surface area contributed by atoms with Crippen molar-refractivity contribution in [3.8, 4) is 11.3 Å². The van der Waals surface area contributed by atoms with E-state index in [0.29, 0.717) is 0 Å². The molecule has 3 nitrogen and oxygen atoms in total. The Labute approximate surface area is 106 Å². The largest absolute Gasteiger partial charge is 0.331 e. The highest BCUT2D eigenvalue weighted by molar-refractivity contribution is 6.30. The van der Waals surface area contributed by atoms with Gasteiger partial charge in [-0.05, 0) is 19.2 Å². The summed E-state index contributed by atoms with van der Waals surface area (Å²) in [6.45, 7) is 0.930. The maximum absolute atomic E-state index is 6.00. The standard InChI is InChI=1S/C13H16ClN3/c1-15-7-6-13-16-9-12(17(13)2)10-4-3-5-11(14)8-10/h3-5,8-9,15H,6-7H2,1-2H3. The maximum atomic E-state index is 6.00. The number of benzene rings is 1. The molecule has 1 heterocycles. The SMILES string of the molecule is CNCCc1ncc(-c2cccc(Cl)c2)n1C. The predicted octanol–water partition coefficient (Wildman–Crippen LogP) is 2.50. The molecule has 0 bridgehead atoms. The molecule has 2 rings (SSSR count). The molecule has 0 aliphatic carbocycles. The van der Waals surface area contributed by atoms with E-state index in [1.807, 2.05) is 44.6 Å². The molecule has 1 N–H and O–H groups in total. The molecular formula is C13H16ClN3. The molecule has 17 heavy (non-hydrogen) atoms. The van der Waals surface area contributed by atoms with Crippen molar-refractivity contribution < 1.29 is 0 Å². The minimum Gasteiger partial charge on any atom is -0.331 e. The number of hydrogen-bond donors (Lipinski definition) is 1. The van der Waals surface area contributed by atoms with Crippen molar-refractivity contribution in [3.05, 3.63) is 41.3 Å². The molecule has 0 spiro atoms. The van der Waals surface area contributed by atoms with Gasteiger partial charge in [-0.25, -0.2) is 4.98 Å². The van der Waals surface area contributed by atoms with E-state index < -0.39 is 0 Å². The van der Waals surface area contributed by atoms with Gasteiger partial charge < -0.3 is 9.88 Å². The highest BCUT2D eigenvalue weighted by Gasteiger charge is 2.08. The second-order valence-corrected chi connectivity index (χ2v) is 4.42. The Kier molecular flexibility index (Phi) is 3.82. The predicted molar refractivity (Wildman–Crippen MR) is 71.3 cm³/mol. The number of rotatable bonds is 4. The average molecular weight is 250 g/mol. The van der Waals surface area contributed by atoms with Gasteiger partial charge in [-0.2, -0.15) is 0 Å². The summed E-state index contributed by atoms with van der Waals surface area (Å²) in [6.07, 6.45) is 2.82. The van der Waals surface area contributed by atoms with Gasteiger partial charge in [0.05, 0.1) is 11.9 Å². The van der Waals surface area contributed by atoms with Crippen molar-refractivity contribution in [2.45, 2.75) is 6.42 Å². The third-order valence-corrected chi connectivity index (χ3v) is 3.04. The average Bonchev–Trinajstić information content (AvgIpc) is 2.68. The van der Waals surface area contributed by atoms with Crippen LogP contribution in [0.1, 0.15) is 5.82 Å². The van der Waals surface area contributed by atoms with Crippen LogP contribution in [0.2, 0.25) is 5.02 Å². The number of aromatic nitrogens is 2. The van der Waals surface area contributed by atoms with E-state index in [9.17, 15) is 0 Å². The van der Waals surface area contributed by atoms with Gasteiger partial charge in [0.15, 0.2) is 0 Å². The fourth-order valence-corrected chi connectivity index (χ4v) is 2.02. The van der Waals surface area contributed by atoms with Crippen LogP contribution in [0.15, 0.2) is 30.5 Å².